The summed E-state index contributed by atoms with van der Waals surface area (Å²) in [4.78, 5) is 4.15. The third kappa shape index (κ3) is 1.94. The molecule has 2 aromatic rings. The highest BCUT2D eigenvalue weighted by Gasteiger charge is 2.08. The van der Waals surface area contributed by atoms with Crippen LogP contribution in [0.5, 0.6) is 5.75 Å². The molecule has 16 heavy (non-hydrogen) atoms. The van der Waals surface area contributed by atoms with Crippen molar-refractivity contribution in [1.29, 1.82) is 0 Å². The number of hydrogen-bond donors (Lipinski definition) is 1. The zero-order chi connectivity index (χ0) is 11.7. The highest BCUT2D eigenvalue weighted by molar-refractivity contribution is 6.33. The Bertz CT molecular complexity index is 498. The van der Waals surface area contributed by atoms with Crippen LogP contribution in [0.15, 0.2) is 18.2 Å². The van der Waals surface area contributed by atoms with Crippen LogP contribution >= 0.6 is 23.2 Å². The van der Waals surface area contributed by atoms with Crippen molar-refractivity contribution in [3.8, 4) is 5.75 Å². The molecular formula is C11H9Cl2NO2. The first-order valence-corrected chi connectivity index (χ1v) is 5.35. The molecule has 0 bridgehead atoms. The average Bonchev–Trinajstić information content (AvgIpc) is 2.27. The lowest BCUT2D eigenvalue weighted by atomic mass is 10.1. The summed E-state index contributed by atoms with van der Waals surface area (Å²) >= 11 is 11.9. The molecule has 0 aliphatic carbocycles. The number of rotatable bonds is 2. The topological polar surface area (TPSA) is 42.4 Å². The molecule has 0 aliphatic rings. The fraction of sp³-hybridized carbons (Fsp3) is 0.182. The van der Waals surface area contributed by atoms with Gasteiger partial charge in [-0.05, 0) is 18.2 Å². The first kappa shape index (κ1) is 11.5. The molecule has 0 saturated carbocycles. The highest BCUT2D eigenvalue weighted by atomic mass is 35.5. The van der Waals surface area contributed by atoms with Crippen LogP contribution in [0.3, 0.4) is 0 Å². The van der Waals surface area contributed by atoms with E-state index in [2.05, 4.69) is 4.98 Å². The lowest BCUT2D eigenvalue weighted by molar-refractivity contribution is 0.281. The molecule has 1 aromatic heterocycles. The lowest BCUT2D eigenvalue weighted by Crippen LogP contribution is -1.91. The van der Waals surface area contributed by atoms with Crippen LogP contribution in [0, 0.1) is 0 Å². The van der Waals surface area contributed by atoms with Gasteiger partial charge < -0.3 is 9.84 Å². The van der Waals surface area contributed by atoms with Crippen molar-refractivity contribution >= 4 is 34.1 Å². The van der Waals surface area contributed by atoms with E-state index >= 15 is 0 Å². The second-order valence-electron chi connectivity index (χ2n) is 3.28. The van der Waals surface area contributed by atoms with Crippen molar-refractivity contribution in [2.75, 3.05) is 7.11 Å². The van der Waals surface area contributed by atoms with Crippen molar-refractivity contribution in [3.63, 3.8) is 0 Å². The van der Waals surface area contributed by atoms with Crippen LogP contribution in [0.1, 0.15) is 5.56 Å². The van der Waals surface area contributed by atoms with Crippen LogP contribution in [0.25, 0.3) is 10.9 Å². The van der Waals surface area contributed by atoms with E-state index in [0.29, 0.717) is 21.9 Å². The van der Waals surface area contributed by atoms with E-state index in [9.17, 15) is 0 Å². The van der Waals surface area contributed by atoms with E-state index in [-0.39, 0.29) is 11.8 Å². The monoisotopic (exact) mass is 257 g/mol. The van der Waals surface area contributed by atoms with Gasteiger partial charge in [-0.1, -0.05) is 23.2 Å². The lowest BCUT2D eigenvalue weighted by Gasteiger charge is -2.07. The normalized spacial score (nSPS) is 10.8. The molecule has 84 valence electrons. The standard InChI is InChI=1S/C11H9Cl2NO2/c1-16-10-3-6-2-7(5-15)11(13)14-9(6)4-8(10)12/h2-4,15H,5H2,1H3. The minimum absolute atomic E-state index is 0.146. The largest absolute Gasteiger partial charge is 0.495 e. The number of aliphatic hydroxyl groups excluding tert-OH is 1. The molecule has 0 saturated heterocycles. The minimum atomic E-state index is -0.146. The summed E-state index contributed by atoms with van der Waals surface area (Å²) in [6.45, 7) is -0.146. The Morgan fingerprint density at radius 3 is 2.69 bits per heavy atom. The summed E-state index contributed by atoms with van der Waals surface area (Å²) in [7, 11) is 1.54. The number of fused-ring (bicyclic) bond motifs is 1. The van der Waals surface area contributed by atoms with E-state index in [0.717, 1.165) is 5.39 Å². The van der Waals surface area contributed by atoms with E-state index < -0.39 is 0 Å². The van der Waals surface area contributed by atoms with Crippen LogP contribution in [-0.2, 0) is 6.61 Å². The van der Waals surface area contributed by atoms with Gasteiger partial charge in [0.2, 0.25) is 0 Å². The SMILES string of the molecule is COc1cc2cc(CO)c(Cl)nc2cc1Cl. The molecule has 0 aliphatic heterocycles. The van der Waals surface area contributed by atoms with Crippen LogP contribution in [0.2, 0.25) is 10.2 Å². The fourth-order valence-corrected chi connectivity index (χ4v) is 1.90. The van der Waals surface area contributed by atoms with Gasteiger partial charge in [0.05, 0.1) is 24.3 Å². The summed E-state index contributed by atoms with van der Waals surface area (Å²) in [5, 5.41) is 10.7. The maximum Gasteiger partial charge on any atom is 0.138 e. The summed E-state index contributed by atoms with van der Waals surface area (Å²) < 4.78 is 5.10. The molecule has 0 spiro atoms. The number of hydrogen-bond acceptors (Lipinski definition) is 3. The number of nitrogens with zero attached hydrogens (tertiary/aromatic N) is 1. The second-order valence-corrected chi connectivity index (χ2v) is 4.04. The van der Waals surface area contributed by atoms with E-state index in [1.165, 1.54) is 0 Å². The van der Waals surface area contributed by atoms with Crippen LogP contribution in [0.4, 0.5) is 0 Å². The number of ether oxygens (including phenoxy) is 1. The smallest absolute Gasteiger partial charge is 0.138 e. The zero-order valence-corrected chi connectivity index (χ0v) is 10.0. The zero-order valence-electron chi connectivity index (χ0n) is 8.50. The molecule has 0 fully saturated rings. The van der Waals surface area contributed by atoms with Crippen molar-refractivity contribution in [2.45, 2.75) is 6.61 Å². The maximum absolute atomic E-state index is 9.08. The Morgan fingerprint density at radius 1 is 1.31 bits per heavy atom. The van der Waals surface area contributed by atoms with E-state index in [1.54, 1.807) is 25.3 Å². The molecular weight excluding hydrogens is 249 g/mol. The molecule has 1 aromatic carbocycles. The third-order valence-electron chi connectivity index (χ3n) is 2.28. The van der Waals surface area contributed by atoms with Gasteiger partial charge in [-0.3, -0.25) is 0 Å². The molecule has 0 amide bonds. The Hall–Kier alpha value is -1.03. The molecule has 1 N–H and O–H groups in total. The van der Waals surface area contributed by atoms with Crippen LogP contribution < -0.4 is 4.74 Å². The quantitative estimate of drug-likeness (QED) is 0.842. The Morgan fingerprint density at radius 2 is 2.06 bits per heavy atom. The van der Waals surface area contributed by atoms with Crippen molar-refractivity contribution in [1.82, 2.24) is 4.98 Å². The molecule has 3 nitrogen and oxygen atoms in total. The molecule has 5 heteroatoms. The van der Waals surface area contributed by atoms with Gasteiger partial charge in [0.1, 0.15) is 10.9 Å². The van der Waals surface area contributed by atoms with Gasteiger partial charge in [-0.25, -0.2) is 4.98 Å². The first-order valence-electron chi connectivity index (χ1n) is 4.59. The number of halogens is 2. The predicted molar refractivity (Wildman–Crippen MR) is 64.2 cm³/mol. The van der Waals surface area contributed by atoms with Crippen molar-refractivity contribution < 1.29 is 9.84 Å². The second kappa shape index (κ2) is 4.45. The fourth-order valence-electron chi connectivity index (χ4n) is 1.46. The highest BCUT2D eigenvalue weighted by Crippen LogP contribution is 2.30. The Labute approximate surface area is 103 Å². The van der Waals surface area contributed by atoms with E-state index in [4.69, 9.17) is 33.0 Å². The van der Waals surface area contributed by atoms with Crippen LogP contribution in [-0.4, -0.2) is 17.2 Å². The summed E-state index contributed by atoms with van der Waals surface area (Å²) in [5.41, 5.74) is 1.26. The molecule has 0 radical (unpaired) electrons. The summed E-state index contributed by atoms with van der Waals surface area (Å²) in [5.74, 6) is 0.571. The number of methoxy groups -OCH3 is 1. The molecule has 2 rings (SSSR count). The number of aliphatic hydroxyl groups is 1. The van der Waals surface area contributed by atoms with Gasteiger partial charge in [-0.2, -0.15) is 0 Å². The van der Waals surface area contributed by atoms with Gasteiger partial charge in [0.15, 0.2) is 0 Å². The van der Waals surface area contributed by atoms with Gasteiger partial charge in [-0.15, -0.1) is 0 Å². The Balaban J connectivity index is 2.71. The molecule has 1 heterocycles. The van der Waals surface area contributed by atoms with Gasteiger partial charge in [0.25, 0.3) is 0 Å². The summed E-state index contributed by atoms with van der Waals surface area (Å²) in [6, 6.07) is 5.21. The first-order chi connectivity index (χ1) is 7.65. The molecule has 0 atom stereocenters. The molecule has 0 unspecified atom stereocenters. The average molecular weight is 258 g/mol. The number of pyridine rings is 1. The Kier molecular flexibility index (Phi) is 3.19. The van der Waals surface area contributed by atoms with Gasteiger partial charge >= 0.3 is 0 Å². The predicted octanol–water partition coefficient (Wildman–Crippen LogP) is 3.04. The summed E-state index contributed by atoms with van der Waals surface area (Å²) in [6.07, 6.45) is 0. The van der Waals surface area contributed by atoms with E-state index in [1.807, 2.05) is 0 Å². The van der Waals surface area contributed by atoms with Crippen molar-refractivity contribution in [3.05, 3.63) is 33.9 Å². The number of benzene rings is 1. The maximum atomic E-state index is 9.08. The third-order valence-corrected chi connectivity index (χ3v) is 2.91. The minimum Gasteiger partial charge on any atom is -0.495 e. The number of aromatic nitrogens is 1. The van der Waals surface area contributed by atoms with Gasteiger partial charge in [0, 0.05) is 10.9 Å². The van der Waals surface area contributed by atoms with Crippen molar-refractivity contribution in [2.24, 2.45) is 0 Å².